The molecule has 2 aromatic heterocycles. The molecule has 2 aromatic carbocycles. The summed E-state index contributed by atoms with van der Waals surface area (Å²) in [5, 5.41) is 3.41. The zero-order valence-electron chi connectivity index (χ0n) is 24.7. The highest BCUT2D eigenvalue weighted by Crippen LogP contribution is 2.41. The van der Waals surface area contributed by atoms with Gasteiger partial charge in [-0.2, -0.15) is 0 Å². The van der Waals surface area contributed by atoms with Crippen LogP contribution in [0.1, 0.15) is 56.1 Å². The summed E-state index contributed by atoms with van der Waals surface area (Å²) in [4.78, 5) is 21.2. The van der Waals surface area contributed by atoms with E-state index in [1.54, 1.807) is 39.6 Å². The predicted molar refractivity (Wildman–Crippen MR) is 165 cm³/mol. The molecule has 0 radical (unpaired) electrons. The number of ether oxygens (including phenoxy) is 4. The molecular formula is C31H33Cl2FN4O5. The Hall–Kier alpha value is -4.02. The molecule has 1 unspecified atom stereocenters. The molecule has 2 heterocycles. The first-order valence-electron chi connectivity index (χ1n) is 13.6. The third-order valence-electron chi connectivity index (χ3n) is 6.60. The lowest BCUT2D eigenvalue weighted by Crippen LogP contribution is -2.13. The zero-order chi connectivity index (χ0) is 31.3. The zero-order valence-corrected chi connectivity index (χ0v) is 26.2. The van der Waals surface area contributed by atoms with Gasteiger partial charge < -0.3 is 24.3 Å². The van der Waals surface area contributed by atoms with Crippen molar-refractivity contribution in [1.82, 2.24) is 14.4 Å². The molecule has 0 bridgehead atoms. The highest BCUT2D eigenvalue weighted by atomic mass is 35.5. The van der Waals surface area contributed by atoms with Gasteiger partial charge in [-0.1, -0.05) is 30.1 Å². The number of halogens is 3. The number of methoxy groups -OCH3 is 2. The van der Waals surface area contributed by atoms with Crippen molar-refractivity contribution in [3.05, 3.63) is 81.2 Å². The van der Waals surface area contributed by atoms with Crippen LogP contribution in [-0.4, -0.2) is 47.3 Å². The number of fused-ring (bicyclic) bond motifs is 1. The maximum absolute atomic E-state index is 15.3. The Morgan fingerprint density at radius 2 is 1.93 bits per heavy atom. The first-order valence-corrected chi connectivity index (χ1v) is 14.4. The molecule has 0 fully saturated rings. The number of carbonyl (C=O) groups excluding carboxylic acids is 1. The number of aromatic nitrogens is 3. The van der Waals surface area contributed by atoms with E-state index in [1.165, 1.54) is 12.1 Å². The van der Waals surface area contributed by atoms with Gasteiger partial charge in [-0.25, -0.2) is 19.2 Å². The lowest BCUT2D eigenvalue weighted by atomic mass is 9.95. The van der Waals surface area contributed by atoms with Crippen molar-refractivity contribution >= 4 is 46.6 Å². The van der Waals surface area contributed by atoms with Crippen LogP contribution in [0.25, 0.3) is 11.6 Å². The predicted octanol–water partition coefficient (Wildman–Crippen LogP) is 7.32. The van der Waals surface area contributed by atoms with Gasteiger partial charge in [0.2, 0.25) is 0 Å². The molecule has 43 heavy (non-hydrogen) atoms. The van der Waals surface area contributed by atoms with Crippen LogP contribution < -0.4 is 19.5 Å². The number of imidazole rings is 1. The Bertz CT molecular complexity index is 1660. The number of benzene rings is 2. The molecule has 0 saturated heterocycles. The highest BCUT2D eigenvalue weighted by molar-refractivity contribution is 6.33. The minimum Gasteiger partial charge on any atom is -0.497 e. The molecule has 9 nitrogen and oxygen atoms in total. The molecule has 0 saturated carbocycles. The molecule has 228 valence electrons. The normalized spacial score (nSPS) is 12.1. The van der Waals surface area contributed by atoms with Crippen LogP contribution in [0, 0.1) is 5.82 Å². The Morgan fingerprint density at radius 1 is 1.16 bits per heavy atom. The molecule has 0 amide bonds. The summed E-state index contributed by atoms with van der Waals surface area (Å²) < 4.78 is 39.0. The Kier molecular flexibility index (Phi) is 10.4. The molecule has 12 heteroatoms. The molecule has 0 aliphatic heterocycles. The van der Waals surface area contributed by atoms with E-state index in [9.17, 15) is 4.79 Å². The average molecular weight is 632 g/mol. The van der Waals surface area contributed by atoms with E-state index in [2.05, 4.69) is 15.3 Å². The standard InChI is InChI=1S/C31H33Cl2FN4O5/c1-7-42-25(39)11-10-21-26(34)23(32)15-22(28(21)43-17(2)3)18(4)31-37-29(33)27-30(35-12-13-38(27)31)36-16-19-8-9-20(40-5)14-24(19)41-6/h8-15,17-18H,7,16H2,1-6H3,(H,35,36). The second kappa shape index (κ2) is 14.0. The number of nitrogens with zero attached hydrogens (tertiary/aromatic N) is 3. The molecule has 0 aliphatic rings. The van der Waals surface area contributed by atoms with Crippen molar-refractivity contribution in [2.24, 2.45) is 0 Å². The minimum atomic E-state index is -0.718. The number of rotatable bonds is 12. The summed E-state index contributed by atoms with van der Waals surface area (Å²) >= 11 is 13.0. The van der Waals surface area contributed by atoms with E-state index >= 15 is 4.39 Å². The van der Waals surface area contributed by atoms with Crippen LogP contribution in [0.2, 0.25) is 10.2 Å². The summed E-state index contributed by atoms with van der Waals surface area (Å²) in [5.74, 6) is 0.817. The highest BCUT2D eigenvalue weighted by Gasteiger charge is 2.27. The monoisotopic (exact) mass is 630 g/mol. The first-order chi connectivity index (χ1) is 20.6. The van der Waals surface area contributed by atoms with Crippen molar-refractivity contribution in [2.75, 3.05) is 26.1 Å². The molecule has 1 atom stereocenters. The van der Waals surface area contributed by atoms with Gasteiger partial charge in [0.05, 0.1) is 37.5 Å². The summed E-state index contributed by atoms with van der Waals surface area (Å²) in [5.41, 5.74) is 2.03. The maximum atomic E-state index is 15.3. The van der Waals surface area contributed by atoms with Gasteiger partial charge in [-0.15, -0.1) is 0 Å². The fourth-order valence-electron chi connectivity index (χ4n) is 4.60. The fraction of sp³-hybridized carbons (Fsp3) is 0.323. The summed E-state index contributed by atoms with van der Waals surface area (Å²) in [6, 6.07) is 7.06. The quantitative estimate of drug-likeness (QED) is 0.128. The minimum absolute atomic E-state index is 0.0283. The molecule has 0 aliphatic carbocycles. The van der Waals surface area contributed by atoms with Crippen LogP contribution in [0.4, 0.5) is 10.2 Å². The Labute approximate surface area is 259 Å². The van der Waals surface area contributed by atoms with Gasteiger partial charge in [-0.3, -0.25) is 4.40 Å². The second-order valence-corrected chi connectivity index (χ2v) is 10.5. The van der Waals surface area contributed by atoms with E-state index in [4.69, 9.17) is 42.1 Å². The van der Waals surface area contributed by atoms with Crippen LogP contribution in [-0.2, 0) is 16.1 Å². The summed E-state index contributed by atoms with van der Waals surface area (Å²) in [6.45, 7) is 7.79. The largest absolute Gasteiger partial charge is 0.497 e. The summed E-state index contributed by atoms with van der Waals surface area (Å²) in [7, 11) is 3.19. The third kappa shape index (κ3) is 6.97. The SMILES string of the molecule is CCOC(=O)C=Cc1c(F)c(Cl)cc(C(C)c2nc(Cl)c3c(NCc4ccc(OC)cc4OC)nccn23)c1OC(C)C. The van der Waals surface area contributed by atoms with E-state index in [-0.39, 0.29) is 34.2 Å². The van der Waals surface area contributed by atoms with E-state index in [1.807, 2.05) is 37.3 Å². The Morgan fingerprint density at radius 3 is 2.60 bits per heavy atom. The van der Waals surface area contributed by atoms with Gasteiger partial charge in [0, 0.05) is 48.1 Å². The number of esters is 1. The van der Waals surface area contributed by atoms with E-state index < -0.39 is 17.7 Å². The lowest BCUT2D eigenvalue weighted by molar-refractivity contribution is -0.137. The average Bonchev–Trinajstić information content (AvgIpc) is 3.33. The molecule has 0 spiro atoms. The number of carbonyl (C=O) groups is 1. The van der Waals surface area contributed by atoms with Crippen LogP contribution >= 0.6 is 23.2 Å². The smallest absolute Gasteiger partial charge is 0.330 e. The fourth-order valence-corrected chi connectivity index (χ4v) is 5.09. The van der Waals surface area contributed by atoms with Gasteiger partial charge in [-0.05, 0) is 45.0 Å². The molecule has 4 rings (SSSR count). The number of hydrogen-bond acceptors (Lipinski definition) is 8. The number of anilines is 1. The second-order valence-electron chi connectivity index (χ2n) is 9.76. The van der Waals surface area contributed by atoms with E-state index in [0.29, 0.717) is 40.8 Å². The molecule has 4 aromatic rings. The number of nitrogens with one attached hydrogen (secondary N) is 1. The van der Waals surface area contributed by atoms with Crippen molar-refractivity contribution in [1.29, 1.82) is 0 Å². The van der Waals surface area contributed by atoms with Crippen LogP contribution in [0.5, 0.6) is 17.2 Å². The van der Waals surface area contributed by atoms with Crippen molar-refractivity contribution in [3.8, 4) is 17.2 Å². The van der Waals surface area contributed by atoms with Gasteiger partial charge >= 0.3 is 5.97 Å². The lowest BCUT2D eigenvalue weighted by Gasteiger charge is -2.22. The molecule has 1 N–H and O–H groups in total. The molecular weight excluding hydrogens is 598 g/mol. The van der Waals surface area contributed by atoms with Crippen LogP contribution in [0.3, 0.4) is 0 Å². The topological polar surface area (TPSA) is 96.2 Å². The van der Waals surface area contributed by atoms with Crippen molar-refractivity contribution in [3.63, 3.8) is 0 Å². The van der Waals surface area contributed by atoms with Gasteiger partial charge in [0.1, 0.15) is 28.6 Å². The van der Waals surface area contributed by atoms with Crippen molar-refractivity contribution in [2.45, 2.75) is 46.3 Å². The van der Waals surface area contributed by atoms with Crippen LogP contribution in [0.15, 0.2) is 42.7 Å². The van der Waals surface area contributed by atoms with Gasteiger partial charge in [0.25, 0.3) is 0 Å². The maximum Gasteiger partial charge on any atom is 0.330 e. The third-order valence-corrected chi connectivity index (χ3v) is 7.13. The first kappa shape index (κ1) is 31.9. The Balaban J connectivity index is 1.76. The summed E-state index contributed by atoms with van der Waals surface area (Å²) in [6.07, 6.45) is 5.52. The number of hydrogen-bond donors (Lipinski definition) is 1. The van der Waals surface area contributed by atoms with E-state index in [0.717, 1.165) is 11.6 Å². The van der Waals surface area contributed by atoms with Crippen molar-refractivity contribution < 1.29 is 28.1 Å². The van der Waals surface area contributed by atoms with Gasteiger partial charge in [0.15, 0.2) is 16.8 Å².